The van der Waals surface area contributed by atoms with Crippen molar-refractivity contribution in [2.75, 3.05) is 0 Å². The Bertz CT molecular complexity index is 309. The fourth-order valence-corrected chi connectivity index (χ4v) is 0.875. The molecule has 0 aliphatic heterocycles. The first-order chi connectivity index (χ1) is 4.20. The number of aromatic amines is 1. The summed E-state index contributed by atoms with van der Waals surface area (Å²) in [6.07, 6.45) is 1.83. The van der Waals surface area contributed by atoms with Gasteiger partial charge in [0.1, 0.15) is 4.64 Å². The molecule has 0 unspecified atom stereocenters. The lowest BCUT2D eigenvalue weighted by Crippen LogP contribution is -1.92. The normalized spacial score (nSPS) is 9.44. The standard InChI is InChI=1S/C5H6N2S2/c1-7-3-2-4(8)6-5(7)9/h2-3H,1H3,(H,6,8,9). The van der Waals surface area contributed by atoms with Crippen LogP contribution in [-0.2, 0) is 7.05 Å². The van der Waals surface area contributed by atoms with Crippen LogP contribution in [0.3, 0.4) is 0 Å². The van der Waals surface area contributed by atoms with Gasteiger partial charge in [-0.1, -0.05) is 12.2 Å². The van der Waals surface area contributed by atoms with E-state index in [4.69, 9.17) is 24.4 Å². The van der Waals surface area contributed by atoms with Gasteiger partial charge >= 0.3 is 0 Å². The molecule has 9 heavy (non-hydrogen) atoms. The van der Waals surface area contributed by atoms with Crippen LogP contribution in [0.25, 0.3) is 0 Å². The topological polar surface area (TPSA) is 20.7 Å². The molecule has 0 aliphatic carbocycles. The van der Waals surface area contributed by atoms with Gasteiger partial charge in [-0.15, -0.1) is 0 Å². The van der Waals surface area contributed by atoms with Gasteiger partial charge in [0.2, 0.25) is 0 Å². The number of aromatic nitrogens is 2. The van der Waals surface area contributed by atoms with E-state index in [0.29, 0.717) is 9.41 Å². The molecule has 1 N–H and O–H groups in total. The van der Waals surface area contributed by atoms with Crippen LogP contribution in [0.5, 0.6) is 0 Å². The monoisotopic (exact) mass is 158 g/mol. The average Bonchev–Trinajstić information content (AvgIpc) is 1.80. The lowest BCUT2D eigenvalue weighted by molar-refractivity contribution is 0.839. The van der Waals surface area contributed by atoms with E-state index in [1.807, 2.05) is 13.2 Å². The lowest BCUT2D eigenvalue weighted by atomic mass is 10.7. The summed E-state index contributed by atoms with van der Waals surface area (Å²) in [4.78, 5) is 2.83. The smallest absolute Gasteiger partial charge is 0.177 e. The highest BCUT2D eigenvalue weighted by atomic mass is 32.1. The van der Waals surface area contributed by atoms with Crippen molar-refractivity contribution >= 4 is 24.4 Å². The zero-order chi connectivity index (χ0) is 6.85. The Kier molecular flexibility index (Phi) is 1.78. The van der Waals surface area contributed by atoms with E-state index in [9.17, 15) is 0 Å². The van der Waals surface area contributed by atoms with Crippen molar-refractivity contribution in [3.63, 3.8) is 0 Å². The summed E-state index contributed by atoms with van der Waals surface area (Å²) in [5.74, 6) is 0. The molecule has 0 amide bonds. The Balaban J connectivity index is 3.52. The van der Waals surface area contributed by atoms with Gasteiger partial charge in [0.25, 0.3) is 0 Å². The largest absolute Gasteiger partial charge is 0.328 e. The Morgan fingerprint density at radius 1 is 1.56 bits per heavy atom. The fraction of sp³-hybridized carbons (Fsp3) is 0.200. The number of nitrogens with one attached hydrogen (secondary N) is 1. The molecule has 0 aliphatic rings. The molecule has 4 heteroatoms. The lowest BCUT2D eigenvalue weighted by Gasteiger charge is -1.93. The number of H-pyrrole nitrogens is 1. The van der Waals surface area contributed by atoms with Crippen LogP contribution in [0.1, 0.15) is 0 Å². The highest BCUT2D eigenvalue weighted by Gasteiger charge is 1.79. The van der Waals surface area contributed by atoms with E-state index in [0.717, 1.165) is 0 Å². The first-order valence-corrected chi connectivity index (χ1v) is 3.28. The molecule has 0 aromatic carbocycles. The van der Waals surface area contributed by atoms with Crippen LogP contribution >= 0.6 is 24.4 Å². The van der Waals surface area contributed by atoms with E-state index in [2.05, 4.69) is 4.98 Å². The molecular formula is C5H6N2S2. The Morgan fingerprint density at radius 3 is 2.67 bits per heavy atom. The third-order valence-electron chi connectivity index (χ3n) is 1.000. The molecule has 1 heterocycles. The van der Waals surface area contributed by atoms with Gasteiger partial charge in [-0.25, -0.2) is 0 Å². The first-order valence-electron chi connectivity index (χ1n) is 2.46. The minimum atomic E-state index is 0.655. The summed E-state index contributed by atoms with van der Waals surface area (Å²) in [6, 6.07) is 1.80. The van der Waals surface area contributed by atoms with Crippen molar-refractivity contribution in [2.24, 2.45) is 7.05 Å². The van der Waals surface area contributed by atoms with Gasteiger partial charge in [0, 0.05) is 13.2 Å². The van der Waals surface area contributed by atoms with Crippen LogP contribution in [-0.4, -0.2) is 9.55 Å². The van der Waals surface area contributed by atoms with Crippen molar-refractivity contribution in [2.45, 2.75) is 0 Å². The third-order valence-corrected chi connectivity index (χ3v) is 1.63. The molecule has 0 fully saturated rings. The summed E-state index contributed by atoms with van der Waals surface area (Å²) in [5, 5.41) is 0. The second kappa shape index (κ2) is 2.41. The number of nitrogens with zero attached hydrogens (tertiary/aromatic N) is 1. The van der Waals surface area contributed by atoms with Crippen LogP contribution in [0, 0.1) is 9.41 Å². The van der Waals surface area contributed by atoms with E-state index in [1.165, 1.54) is 0 Å². The molecule has 1 rings (SSSR count). The molecule has 0 saturated heterocycles. The maximum atomic E-state index is 4.88. The SMILES string of the molecule is Cn1ccc(=S)[nH]c1=S. The van der Waals surface area contributed by atoms with Gasteiger partial charge in [0.05, 0.1) is 0 Å². The minimum Gasteiger partial charge on any atom is -0.328 e. The highest BCUT2D eigenvalue weighted by Crippen LogP contribution is 1.86. The number of hydrogen-bond acceptors (Lipinski definition) is 2. The fourth-order valence-electron chi connectivity index (χ4n) is 0.482. The van der Waals surface area contributed by atoms with Gasteiger partial charge in [-0.05, 0) is 18.3 Å². The van der Waals surface area contributed by atoms with Crippen molar-refractivity contribution in [1.29, 1.82) is 0 Å². The van der Waals surface area contributed by atoms with E-state index in [1.54, 1.807) is 10.6 Å². The summed E-state index contributed by atoms with van der Waals surface area (Å²) in [5.41, 5.74) is 0. The highest BCUT2D eigenvalue weighted by molar-refractivity contribution is 7.72. The van der Waals surface area contributed by atoms with Crippen molar-refractivity contribution in [3.05, 3.63) is 21.7 Å². The van der Waals surface area contributed by atoms with E-state index < -0.39 is 0 Å². The van der Waals surface area contributed by atoms with Gasteiger partial charge in [-0.3, -0.25) is 0 Å². The van der Waals surface area contributed by atoms with E-state index in [-0.39, 0.29) is 0 Å². The molecule has 0 spiro atoms. The molecule has 1 aromatic rings. The van der Waals surface area contributed by atoms with Gasteiger partial charge in [-0.2, -0.15) is 0 Å². The molecule has 1 aromatic heterocycles. The maximum Gasteiger partial charge on any atom is 0.177 e. The molecule has 0 saturated carbocycles. The van der Waals surface area contributed by atoms with E-state index >= 15 is 0 Å². The summed E-state index contributed by atoms with van der Waals surface area (Å²) in [6.45, 7) is 0. The molecule has 0 bridgehead atoms. The Labute approximate surface area is 63.2 Å². The molecule has 0 radical (unpaired) electrons. The summed E-state index contributed by atoms with van der Waals surface area (Å²) in [7, 11) is 1.87. The predicted molar refractivity (Wildman–Crippen MR) is 41.4 cm³/mol. The Hall–Kier alpha value is -0.480. The predicted octanol–water partition coefficient (Wildman–Crippen LogP) is 1.81. The maximum absolute atomic E-state index is 4.88. The molecule has 0 atom stereocenters. The quantitative estimate of drug-likeness (QED) is 0.581. The van der Waals surface area contributed by atoms with Crippen molar-refractivity contribution < 1.29 is 0 Å². The number of aryl methyl sites for hydroxylation is 1. The van der Waals surface area contributed by atoms with Gasteiger partial charge < -0.3 is 9.55 Å². The van der Waals surface area contributed by atoms with Crippen molar-refractivity contribution in [3.8, 4) is 0 Å². The van der Waals surface area contributed by atoms with Crippen LogP contribution in [0.4, 0.5) is 0 Å². The summed E-state index contributed by atoms with van der Waals surface area (Å²) < 4.78 is 3.13. The molecular weight excluding hydrogens is 152 g/mol. The minimum absolute atomic E-state index is 0.655. The molecule has 2 nitrogen and oxygen atoms in total. The van der Waals surface area contributed by atoms with Crippen molar-refractivity contribution in [1.82, 2.24) is 9.55 Å². The second-order valence-electron chi connectivity index (χ2n) is 1.72. The van der Waals surface area contributed by atoms with Crippen LogP contribution < -0.4 is 0 Å². The second-order valence-corrected chi connectivity index (χ2v) is 2.55. The molecule has 48 valence electrons. The number of rotatable bonds is 0. The zero-order valence-electron chi connectivity index (χ0n) is 4.92. The van der Waals surface area contributed by atoms with Gasteiger partial charge in [0.15, 0.2) is 4.77 Å². The number of hydrogen-bond donors (Lipinski definition) is 1. The Morgan fingerprint density at radius 2 is 2.22 bits per heavy atom. The van der Waals surface area contributed by atoms with Crippen LogP contribution in [0.15, 0.2) is 12.3 Å². The zero-order valence-corrected chi connectivity index (χ0v) is 6.55. The summed E-state index contributed by atoms with van der Waals surface area (Å²) >= 11 is 9.71. The third kappa shape index (κ3) is 1.46. The average molecular weight is 158 g/mol. The van der Waals surface area contributed by atoms with Crippen LogP contribution in [0.2, 0.25) is 0 Å². The first kappa shape index (κ1) is 6.64.